The zero-order valence-electron chi connectivity index (χ0n) is 38.1. The molecule has 17 heteroatoms. The molecule has 350 valence electrons. The van der Waals surface area contributed by atoms with Crippen LogP contribution in [0.25, 0.3) is 0 Å². The molecule has 17 nitrogen and oxygen atoms in total. The number of aromatic hydroxyl groups is 1. The van der Waals surface area contributed by atoms with Gasteiger partial charge in [-0.3, -0.25) is 19.2 Å². The van der Waals surface area contributed by atoms with Gasteiger partial charge in [0, 0.05) is 68.5 Å². The van der Waals surface area contributed by atoms with Crippen molar-refractivity contribution in [1.29, 1.82) is 0 Å². The fraction of sp³-hybridized carbons (Fsp3) is 0.479. The van der Waals surface area contributed by atoms with Crippen LogP contribution in [0.4, 0.5) is 4.79 Å². The van der Waals surface area contributed by atoms with Gasteiger partial charge in [-0.05, 0) is 37.6 Å². The summed E-state index contributed by atoms with van der Waals surface area (Å²) in [6, 6.07) is 7.10. The van der Waals surface area contributed by atoms with Crippen LogP contribution < -0.4 is 20.1 Å². The van der Waals surface area contributed by atoms with Gasteiger partial charge < -0.3 is 59.3 Å². The highest BCUT2D eigenvalue weighted by molar-refractivity contribution is 6.32. The van der Waals surface area contributed by atoms with E-state index in [0.29, 0.717) is 5.75 Å². The Balaban J connectivity index is 1.41. The van der Waals surface area contributed by atoms with Crippen LogP contribution in [0.3, 0.4) is 0 Å². The van der Waals surface area contributed by atoms with E-state index < -0.39 is 94.5 Å². The summed E-state index contributed by atoms with van der Waals surface area (Å²) in [6.45, 7) is 12.0. The number of methoxy groups -OCH3 is 2. The van der Waals surface area contributed by atoms with Gasteiger partial charge in [-0.25, -0.2) is 4.79 Å². The number of hydrogen-bond acceptors (Lipinski definition) is 15. The van der Waals surface area contributed by atoms with Crippen LogP contribution in [0.2, 0.25) is 0 Å². The smallest absolute Gasteiger partial charge is 0.407 e. The van der Waals surface area contributed by atoms with Gasteiger partial charge in [0.15, 0.2) is 0 Å². The Kier molecular flexibility index (Phi) is 14.9. The lowest BCUT2D eigenvalue weighted by molar-refractivity contribution is -0.116. The third-order valence-corrected chi connectivity index (χ3v) is 12.8. The van der Waals surface area contributed by atoms with Crippen LogP contribution in [0.1, 0.15) is 83.7 Å². The minimum atomic E-state index is -2.11. The number of carbonyl (C=O) groups is 5. The normalized spacial score (nSPS) is 30.7. The van der Waals surface area contributed by atoms with E-state index in [1.165, 1.54) is 46.3 Å². The highest BCUT2D eigenvalue weighted by Gasteiger charge is 2.53. The molecule has 5 bridgehead atoms. The molecule has 4 heterocycles. The van der Waals surface area contributed by atoms with Gasteiger partial charge >= 0.3 is 11.9 Å². The lowest BCUT2D eigenvalue weighted by atomic mass is 9.78. The number of phenolic OH excluding ortho intramolecular Hbond substituents is 1. The molecule has 0 unspecified atom stereocenters. The van der Waals surface area contributed by atoms with Crippen molar-refractivity contribution in [2.24, 2.45) is 23.7 Å². The molecular formula is C48H59N3O14. The molecule has 9 atom stereocenters. The summed E-state index contributed by atoms with van der Waals surface area (Å²) < 4.78 is 34.8. The first-order valence-electron chi connectivity index (χ1n) is 21.6. The number of alkyl carbamates (subject to hydrolysis) is 1. The molecule has 5 aliphatic rings. The van der Waals surface area contributed by atoms with E-state index in [1.807, 2.05) is 0 Å². The van der Waals surface area contributed by atoms with Gasteiger partial charge in [-0.2, -0.15) is 0 Å². The largest absolute Gasteiger partial charge is 0.507 e. The van der Waals surface area contributed by atoms with E-state index in [0.717, 1.165) is 5.56 Å². The third kappa shape index (κ3) is 9.69. The number of ketones is 3. The van der Waals surface area contributed by atoms with Crippen molar-refractivity contribution in [3.05, 3.63) is 99.6 Å². The van der Waals surface area contributed by atoms with Crippen molar-refractivity contribution in [2.75, 3.05) is 40.5 Å². The molecule has 5 N–H and O–H groups in total. The zero-order chi connectivity index (χ0) is 47.5. The fourth-order valence-corrected chi connectivity index (χ4v) is 8.66. The molecule has 0 saturated carbocycles. The first-order valence-corrected chi connectivity index (χ1v) is 21.6. The lowest BCUT2D eigenvalue weighted by Crippen LogP contribution is -2.47. The number of morpholine rings is 1. The monoisotopic (exact) mass is 901 g/mol. The maximum absolute atomic E-state index is 14.8. The Bertz CT molecular complexity index is 2310. The molecular weight excluding hydrogens is 843 g/mol. The van der Waals surface area contributed by atoms with Crippen molar-refractivity contribution < 1.29 is 67.7 Å². The number of aliphatic hydroxyl groups excluding tert-OH is 2. The maximum Gasteiger partial charge on any atom is 0.407 e. The van der Waals surface area contributed by atoms with Gasteiger partial charge in [-0.1, -0.05) is 58.1 Å². The number of benzene rings is 2. The first-order chi connectivity index (χ1) is 30.8. The average Bonchev–Trinajstić information content (AvgIpc) is 3.57. The lowest BCUT2D eigenvalue weighted by Gasteiger charge is -2.38. The first kappa shape index (κ1) is 48.4. The molecule has 0 radical (unpaired) electrons. The number of phenols is 1. The summed E-state index contributed by atoms with van der Waals surface area (Å²) in [5, 5.41) is 40.3. The Morgan fingerprint density at radius 2 is 1.58 bits per heavy atom. The number of fused-ring (bicyclic) bond motifs is 14. The van der Waals surface area contributed by atoms with E-state index in [4.69, 9.17) is 28.4 Å². The van der Waals surface area contributed by atoms with Crippen LogP contribution in [-0.2, 0) is 30.3 Å². The van der Waals surface area contributed by atoms with Crippen LogP contribution in [0, 0.1) is 30.6 Å². The second kappa shape index (κ2) is 20.0. The SMILES string of the molecule is COc1ccc(CNC(=O)O[C@H]2[C@H](C)[C@H](O)[C@H](C)[C@@H](O)[C@@H](C)/C=C\C=C(\C)C(=O)NC3=C(N4CCOCC4)C(=O)c4c(c(O)c(C)c5c4C(=O)[C@@](C)(O/C=C\[C@H](OC)[C@H]2C)O5)C3=O)cc1. The van der Waals surface area contributed by atoms with Crippen LogP contribution in [0.15, 0.2) is 71.8 Å². The van der Waals surface area contributed by atoms with Crippen molar-refractivity contribution in [3.63, 3.8) is 0 Å². The number of Topliss-reactive ketones (excluding diaryl/α,β-unsaturated/α-hetero) is 3. The number of ether oxygens (including phenoxy) is 6. The van der Waals surface area contributed by atoms with Crippen molar-refractivity contribution in [3.8, 4) is 17.2 Å². The van der Waals surface area contributed by atoms with Crippen molar-refractivity contribution in [2.45, 2.75) is 85.2 Å². The summed E-state index contributed by atoms with van der Waals surface area (Å²) in [6.07, 6.45) is 2.32. The van der Waals surface area contributed by atoms with E-state index in [2.05, 4.69) is 10.6 Å². The van der Waals surface area contributed by atoms with E-state index in [1.54, 1.807) is 76.1 Å². The Morgan fingerprint density at radius 3 is 2.23 bits per heavy atom. The van der Waals surface area contributed by atoms with Crippen LogP contribution in [-0.4, -0.2) is 120 Å². The second-order valence-corrected chi connectivity index (χ2v) is 17.1. The molecule has 0 spiro atoms. The number of amides is 2. The highest BCUT2D eigenvalue weighted by Crippen LogP contribution is 2.49. The summed E-state index contributed by atoms with van der Waals surface area (Å²) in [7, 11) is 2.97. The van der Waals surface area contributed by atoms with Gasteiger partial charge in [0.2, 0.25) is 11.6 Å². The predicted molar refractivity (Wildman–Crippen MR) is 235 cm³/mol. The van der Waals surface area contributed by atoms with Gasteiger partial charge in [-0.15, -0.1) is 0 Å². The summed E-state index contributed by atoms with van der Waals surface area (Å²) in [5.41, 5.74) is -0.777. The number of allylic oxidation sites excluding steroid dienone is 4. The molecule has 1 fully saturated rings. The van der Waals surface area contributed by atoms with Crippen LogP contribution in [0.5, 0.6) is 17.2 Å². The molecule has 65 heavy (non-hydrogen) atoms. The van der Waals surface area contributed by atoms with E-state index in [9.17, 15) is 39.3 Å². The Morgan fingerprint density at radius 1 is 0.908 bits per heavy atom. The average molecular weight is 902 g/mol. The van der Waals surface area contributed by atoms with Gasteiger partial charge in [0.1, 0.15) is 34.7 Å². The van der Waals surface area contributed by atoms with Crippen molar-refractivity contribution >= 4 is 29.4 Å². The van der Waals surface area contributed by atoms with E-state index in [-0.39, 0.29) is 72.3 Å². The summed E-state index contributed by atoms with van der Waals surface area (Å²) >= 11 is 0. The molecule has 2 aromatic rings. The molecule has 1 saturated heterocycles. The topological polar surface area (TPSA) is 229 Å². The number of hydrogen-bond donors (Lipinski definition) is 5. The minimum absolute atomic E-state index is 0.0106. The van der Waals surface area contributed by atoms with E-state index >= 15 is 0 Å². The molecule has 0 aromatic heterocycles. The predicted octanol–water partition coefficient (Wildman–Crippen LogP) is 4.66. The molecule has 1 aliphatic carbocycles. The quantitative estimate of drug-likeness (QED) is 0.266. The summed E-state index contributed by atoms with van der Waals surface area (Å²) in [4.78, 5) is 72.6. The summed E-state index contributed by atoms with van der Waals surface area (Å²) in [5.74, 6) is -8.25. The molecule has 7 rings (SSSR count). The Hall–Kier alpha value is -6.01. The number of aliphatic hydroxyl groups is 2. The second-order valence-electron chi connectivity index (χ2n) is 17.1. The maximum atomic E-state index is 14.8. The number of nitrogens with one attached hydrogen (secondary N) is 2. The molecule has 2 aromatic carbocycles. The van der Waals surface area contributed by atoms with Crippen molar-refractivity contribution in [1.82, 2.24) is 15.5 Å². The number of rotatable bonds is 6. The van der Waals surface area contributed by atoms with Gasteiger partial charge in [0.25, 0.3) is 11.7 Å². The number of nitrogens with zero attached hydrogens (tertiary/aromatic N) is 1. The zero-order valence-corrected chi connectivity index (χ0v) is 38.1. The molecule has 4 aliphatic heterocycles. The highest BCUT2D eigenvalue weighted by atomic mass is 16.7. The van der Waals surface area contributed by atoms with Gasteiger partial charge in [0.05, 0.1) is 61.6 Å². The Labute approximate surface area is 378 Å². The molecule has 2 amide bonds. The number of carbonyl (C=O) groups excluding carboxylic acids is 5. The van der Waals surface area contributed by atoms with Crippen LogP contribution >= 0.6 is 0 Å². The minimum Gasteiger partial charge on any atom is -0.507 e. The standard InChI is InChI=1S/C48H59N3O14/c1-24-11-10-12-25(2)46(58)50-36-37(51-18-21-62-22-19-51)42(56)33-34(41(36)55)40(54)29(6)44-35(33)45(57)48(7,65-44)63-20-17-32(61-9)26(3)43(28(5)39(53)27(4)38(24)52)64-47(59)49-23-30-13-15-31(60-8)16-14-30/h10-17,20,24,26-28,32,38-39,43,52-54H,18-19,21-23H2,1-9H3,(H,49,59)(H,50,58)/b11-10-,20-17-,25-12-/t24-,26+,27+,28+,32-,38-,39+,43+,48-/m0/s1. The fourth-order valence-electron chi connectivity index (χ4n) is 8.66. The third-order valence-electron chi connectivity index (χ3n) is 12.8.